The molecular weight excluding hydrogens is 168 g/mol. The van der Waals surface area contributed by atoms with Crippen LogP contribution in [-0.4, -0.2) is 4.98 Å². The van der Waals surface area contributed by atoms with Gasteiger partial charge in [0.25, 0.3) is 0 Å². The summed E-state index contributed by atoms with van der Waals surface area (Å²) in [5, 5.41) is 1.01. The van der Waals surface area contributed by atoms with Crippen LogP contribution >= 0.6 is 11.3 Å². The van der Waals surface area contributed by atoms with E-state index in [-0.39, 0.29) is 0 Å². The van der Waals surface area contributed by atoms with E-state index in [1.807, 2.05) is 6.07 Å². The Morgan fingerprint density at radius 2 is 2.33 bits per heavy atom. The van der Waals surface area contributed by atoms with Crippen LogP contribution in [0.5, 0.6) is 0 Å². The van der Waals surface area contributed by atoms with Gasteiger partial charge in [-0.25, -0.2) is 4.98 Å². The highest BCUT2D eigenvalue weighted by atomic mass is 32.1. The van der Waals surface area contributed by atoms with Crippen molar-refractivity contribution >= 4 is 21.6 Å². The Balaban J connectivity index is 2.67. The first-order chi connectivity index (χ1) is 5.79. The topological polar surface area (TPSA) is 38.9 Å². The summed E-state index contributed by atoms with van der Waals surface area (Å²) < 4.78 is 1.23. The van der Waals surface area contributed by atoms with E-state index in [1.54, 1.807) is 11.3 Å². The van der Waals surface area contributed by atoms with Gasteiger partial charge in [-0.2, -0.15) is 0 Å². The van der Waals surface area contributed by atoms with Crippen molar-refractivity contribution in [2.45, 2.75) is 13.5 Å². The number of hydrogen-bond donors (Lipinski definition) is 1. The second kappa shape index (κ2) is 2.84. The lowest BCUT2D eigenvalue weighted by Gasteiger charge is -1.88. The smallest absolute Gasteiger partial charge is 0.107 e. The minimum Gasteiger partial charge on any atom is -0.325 e. The predicted octanol–water partition coefficient (Wildman–Crippen LogP) is 2.06. The van der Waals surface area contributed by atoms with Gasteiger partial charge in [-0.3, -0.25) is 0 Å². The maximum Gasteiger partial charge on any atom is 0.107 e. The van der Waals surface area contributed by atoms with Crippen LogP contribution in [0.25, 0.3) is 10.2 Å². The molecule has 2 N–H and O–H groups in total. The Kier molecular flexibility index (Phi) is 1.83. The molecule has 62 valence electrons. The maximum absolute atomic E-state index is 5.50. The Labute approximate surface area is 75.0 Å². The summed E-state index contributed by atoms with van der Waals surface area (Å²) in [5.41, 5.74) is 7.83. The first-order valence-electron chi connectivity index (χ1n) is 3.86. The molecule has 0 saturated carbocycles. The average molecular weight is 178 g/mol. The number of thiazole rings is 1. The summed E-state index contributed by atoms with van der Waals surface area (Å²) in [6.45, 7) is 2.62. The zero-order valence-corrected chi connectivity index (χ0v) is 7.69. The van der Waals surface area contributed by atoms with E-state index in [1.165, 1.54) is 10.3 Å². The van der Waals surface area contributed by atoms with Crippen molar-refractivity contribution in [2.24, 2.45) is 5.73 Å². The van der Waals surface area contributed by atoms with Crippen LogP contribution < -0.4 is 5.73 Å². The molecule has 0 aliphatic heterocycles. The average Bonchev–Trinajstić information content (AvgIpc) is 2.46. The molecule has 0 bridgehead atoms. The molecule has 0 fully saturated rings. The van der Waals surface area contributed by atoms with Gasteiger partial charge in [0.15, 0.2) is 0 Å². The molecule has 0 saturated heterocycles. The van der Waals surface area contributed by atoms with Gasteiger partial charge in [-0.15, -0.1) is 11.3 Å². The van der Waals surface area contributed by atoms with Crippen molar-refractivity contribution < 1.29 is 0 Å². The van der Waals surface area contributed by atoms with Gasteiger partial charge in [-0.05, 0) is 24.6 Å². The number of nitrogens with two attached hydrogens (primary N) is 1. The number of hydrogen-bond acceptors (Lipinski definition) is 3. The van der Waals surface area contributed by atoms with Crippen LogP contribution in [0.1, 0.15) is 10.6 Å². The molecular formula is C9H10N2S. The molecule has 0 unspecified atom stereocenters. The van der Waals surface area contributed by atoms with Crippen LogP contribution in [0.2, 0.25) is 0 Å². The Hall–Kier alpha value is -0.930. The van der Waals surface area contributed by atoms with Gasteiger partial charge in [0.1, 0.15) is 5.01 Å². The van der Waals surface area contributed by atoms with Gasteiger partial charge < -0.3 is 5.73 Å². The molecule has 0 radical (unpaired) electrons. The van der Waals surface area contributed by atoms with E-state index < -0.39 is 0 Å². The van der Waals surface area contributed by atoms with Gasteiger partial charge in [0.05, 0.1) is 10.2 Å². The van der Waals surface area contributed by atoms with Crippen molar-refractivity contribution in [2.75, 3.05) is 0 Å². The summed E-state index contributed by atoms with van der Waals surface area (Å²) in [6, 6.07) is 6.26. The summed E-state index contributed by atoms with van der Waals surface area (Å²) >= 11 is 1.68. The van der Waals surface area contributed by atoms with E-state index in [0.717, 1.165) is 10.5 Å². The van der Waals surface area contributed by atoms with E-state index in [2.05, 4.69) is 24.0 Å². The minimum absolute atomic E-state index is 0.540. The Bertz CT molecular complexity index is 406. The lowest BCUT2D eigenvalue weighted by molar-refractivity contribution is 1.05. The van der Waals surface area contributed by atoms with Crippen molar-refractivity contribution in [1.29, 1.82) is 0 Å². The SMILES string of the molecule is Cc1ccc2nc(CN)sc2c1. The second-order valence-corrected chi connectivity index (χ2v) is 3.90. The number of fused-ring (bicyclic) bond motifs is 1. The standard InChI is InChI=1S/C9H10N2S/c1-6-2-3-7-8(4-6)12-9(5-10)11-7/h2-4H,5,10H2,1H3. The molecule has 0 aliphatic carbocycles. The van der Waals surface area contributed by atoms with Crippen LogP contribution in [0.3, 0.4) is 0 Å². The molecule has 0 spiro atoms. The fourth-order valence-corrected chi connectivity index (χ4v) is 2.11. The number of nitrogens with zero attached hydrogens (tertiary/aromatic N) is 1. The third-order valence-electron chi connectivity index (χ3n) is 1.76. The normalized spacial score (nSPS) is 10.8. The van der Waals surface area contributed by atoms with Gasteiger partial charge in [0.2, 0.25) is 0 Å². The first kappa shape index (κ1) is 7.71. The van der Waals surface area contributed by atoms with Crippen LogP contribution in [-0.2, 0) is 6.54 Å². The fraction of sp³-hybridized carbons (Fsp3) is 0.222. The van der Waals surface area contributed by atoms with E-state index in [4.69, 9.17) is 5.73 Å². The van der Waals surface area contributed by atoms with Crippen molar-refractivity contribution in [3.8, 4) is 0 Å². The van der Waals surface area contributed by atoms with Crippen LogP contribution in [0.15, 0.2) is 18.2 Å². The minimum atomic E-state index is 0.540. The lowest BCUT2D eigenvalue weighted by atomic mass is 10.2. The number of benzene rings is 1. The first-order valence-corrected chi connectivity index (χ1v) is 4.67. The molecule has 1 aromatic carbocycles. The number of aryl methyl sites for hydroxylation is 1. The Morgan fingerprint density at radius 3 is 3.08 bits per heavy atom. The molecule has 0 atom stereocenters. The maximum atomic E-state index is 5.50. The highest BCUT2D eigenvalue weighted by molar-refractivity contribution is 7.18. The second-order valence-electron chi connectivity index (χ2n) is 2.78. The summed E-state index contributed by atoms with van der Waals surface area (Å²) in [6.07, 6.45) is 0. The zero-order chi connectivity index (χ0) is 8.55. The monoisotopic (exact) mass is 178 g/mol. The predicted molar refractivity (Wildman–Crippen MR) is 52.2 cm³/mol. The van der Waals surface area contributed by atoms with Crippen LogP contribution in [0, 0.1) is 6.92 Å². The number of rotatable bonds is 1. The molecule has 1 heterocycles. The van der Waals surface area contributed by atoms with E-state index in [0.29, 0.717) is 6.54 Å². The quantitative estimate of drug-likeness (QED) is 0.726. The largest absolute Gasteiger partial charge is 0.325 e. The molecule has 12 heavy (non-hydrogen) atoms. The summed E-state index contributed by atoms with van der Waals surface area (Å²) in [7, 11) is 0. The fourth-order valence-electron chi connectivity index (χ4n) is 1.17. The highest BCUT2D eigenvalue weighted by Crippen LogP contribution is 2.22. The van der Waals surface area contributed by atoms with Crippen molar-refractivity contribution in [1.82, 2.24) is 4.98 Å². The summed E-state index contributed by atoms with van der Waals surface area (Å²) in [4.78, 5) is 4.37. The van der Waals surface area contributed by atoms with Crippen molar-refractivity contribution in [3.05, 3.63) is 28.8 Å². The van der Waals surface area contributed by atoms with Crippen LogP contribution in [0.4, 0.5) is 0 Å². The van der Waals surface area contributed by atoms with E-state index in [9.17, 15) is 0 Å². The molecule has 2 rings (SSSR count). The Morgan fingerprint density at radius 1 is 1.50 bits per heavy atom. The van der Waals surface area contributed by atoms with Crippen molar-refractivity contribution in [3.63, 3.8) is 0 Å². The number of aromatic nitrogens is 1. The molecule has 0 aliphatic rings. The van der Waals surface area contributed by atoms with E-state index >= 15 is 0 Å². The third-order valence-corrected chi connectivity index (χ3v) is 2.80. The zero-order valence-electron chi connectivity index (χ0n) is 6.87. The summed E-state index contributed by atoms with van der Waals surface area (Å²) in [5.74, 6) is 0. The molecule has 0 amide bonds. The molecule has 2 nitrogen and oxygen atoms in total. The highest BCUT2D eigenvalue weighted by Gasteiger charge is 2.00. The third kappa shape index (κ3) is 1.21. The van der Waals surface area contributed by atoms with Gasteiger partial charge in [0, 0.05) is 6.54 Å². The van der Waals surface area contributed by atoms with Gasteiger partial charge >= 0.3 is 0 Å². The molecule has 1 aromatic heterocycles. The molecule has 3 heteroatoms. The van der Waals surface area contributed by atoms with Gasteiger partial charge in [-0.1, -0.05) is 6.07 Å². The molecule has 2 aromatic rings. The lowest BCUT2D eigenvalue weighted by Crippen LogP contribution is -1.93.